The summed E-state index contributed by atoms with van der Waals surface area (Å²) >= 11 is 0. The van der Waals surface area contributed by atoms with Crippen molar-refractivity contribution in [1.82, 2.24) is 5.32 Å². The molecule has 1 aromatic carbocycles. The summed E-state index contributed by atoms with van der Waals surface area (Å²) in [6.45, 7) is 2.61. The first kappa shape index (κ1) is 18.8. The van der Waals surface area contributed by atoms with E-state index in [0.717, 1.165) is 4.90 Å². The standard InChI is InChI=1S/C20H19N3O6/c1-27-14-4-2-13(3-5-14)23-19(25)16(18(24)21-20(23)26)12-15-6-7-17(29-15)22-8-10-28-11-9-22/h2-7,12H,8-11H2,1H3,(H,21,24,26)/b16-12-. The predicted octanol–water partition coefficient (Wildman–Crippen LogP) is 1.79. The number of barbiturate groups is 1. The van der Waals surface area contributed by atoms with Crippen LogP contribution in [-0.4, -0.2) is 51.3 Å². The normalized spacial score (nSPS) is 18.9. The molecule has 1 N–H and O–H groups in total. The number of ether oxygens (including phenoxy) is 2. The second kappa shape index (κ2) is 7.80. The van der Waals surface area contributed by atoms with Gasteiger partial charge >= 0.3 is 6.03 Å². The van der Waals surface area contributed by atoms with Crippen molar-refractivity contribution >= 4 is 35.5 Å². The molecule has 0 unspecified atom stereocenters. The first-order valence-corrected chi connectivity index (χ1v) is 9.05. The van der Waals surface area contributed by atoms with Crippen molar-refractivity contribution < 1.29 is 28.3 Å². The molecule has 0 radical (unpaired) electrons. The monoisotopic (exact) mass is 397 g/mol. The summed E-state index contributed by atoms with van der Waals surface area (Å²) in [6, 6.07) is 9.01. The van der Waals surface area contributed by atoms with Crippen LogP contribution in [0.4, 0.5) is 16.4 Å². The van der Waals surface area contributed by atoms with E-state index in [2.05, 4.69) is 5.32 Å². The summed E-state index contributed by atoms with van der Waals surface area (Å²) < 4.78 is 16.2. The number of furan rings is 1. The van der Waals surface area contributed by atoms with Crippen molar-refractivity contribution in [2.45, 2.75) is 0 Å². The lowest BCUT2D eigenvalue weighted by Gasteiger charge is -2.26. The van der Waals surface area contributed by atoms with E-state index in [1.807, 2.05) is 4.90 Å². The third-order valence-electron chi connectivity index (χ3n) is 4.65. The number of rotatable bonds is 4. The molecule has 2 aromatic rings. The highest BCUT2D eigenvalue weighted by atomic mass is 16.5. The van der Waals surface area contributed by atoms with Crippen LogP contribution >= 0.6 is 0 Å². The Hall–Kier alpha value is -3.59. The van der Waals surface area contributed by atoms with E-state index >= 15 is 0 Å². The smallest absolute Gasteiger partial charge is 0.335 e. The summed E-state index contributed by atoms with van der Waals surface area (Å²) in [5.74, 6) is 0.0555. The Morgan fingerprint density at radius 2 is 1.76 bits per heavy atom. The molecule has 2 aliphatic heterocycles. The number of carbonyl (C=O) groups is 3. The summed E-state index contributed by atoms with van der Waals surface area (Å²) in [6.07, 6.45) is 1.34. The number of anilines is 2. The first-order chi connectivity index (χ1) is 14.1. The van der Waals surface area contributed by atoms with Gasteiger partial charge in [0.05, 0.1) is 26.0 Å². The van der Waals surface area contributed by atoms with Crippen LogP contribution in [0.2, 0.25) is 0 Å². The Morgan fingerprint density at radius 3 is 2.45 bits per heavy atom. The summed E-state index contributed by atoms with van der Waals surface area (Å²) in [4.78, 5) is 40.3. The number of benzene rings is 1. The van der Waals surface area contributed by atoms with Gasteiger partial charge in [0.15, 0.2) is 5.88 Å². The average molecular weight is 397 g/mol. The molecule has 2 fully saturated rings. The zero-order valence-electron chi connectivity index (χ0n) is 15.7. The SMILES string of the molecule is COc1ccc(N2C(=O)NC(=O)/C(=C/c3ccc(N4CCOCC4)o3)C2=O)cc1. The molecule has 4 rings (SSSR count). The molecular weight excluding hydrogens is 378 g/mol. The molecule has 1 aromatic heterocycles. The molecule has 2 aliphatic rings. The summed E-state index contributed by atoms with van der Waals surface area (Å²) in [5, 5.41) is 2.19. The molecule has 9 heteroatoms. The van der Waals surface area contributed by atoms with Crippen LogP contribution in [0.3, 0.4) is 0 Å². The van der Waals surface area contributed by atoms with E-state index in [1.54, 1.807) is 36.4 Å². The number of imide groups is 2. The molecule has 0 aliphatic carbocycles. The van der Waals surface area contributed by atoms with E-state index in [1.165, 1.54) is 13.2 Å². The Bertz CT molecular complexity index is 972. The second-order valence-corrected chi connectivity index (χ2v) is 6.43. The number of hydrogen-bond acceptors (Lipinski definition) is 7. The number of methoxy groups -OCH3 is 1. The van der Waals surface area contributed by atoms with Crippen LogP contribution in [0, 0.1) is 0 Å². The van der Waals surface area contributed by atoms with Crippen molar-refractivity contribution in [3.05, 3.63) is 47.7 Å². The highest BCUT2D eigenvalue weighted by Gasteiger charge is 2.37. The molecule has 0 atom stereocenters. The van der Waals surface area contributed by atoms with Crippen LogP contribution in [0.5, 0.6) is 5.75 Å². The molecule has 9 nitrogen and oxygen atoms in total. The molecule has 3 heterocycles. The van der Waals surface area contributed by atoms with Crippen LogP contribution in [0.25, 0.3) is 6.08 Å². The number of hydrogen-bond donors (Lipinski definition) is 1. The fourth-order valence-electron chi connectivity index (χ4n) is 3.14. The highest BCUT2D eigenvalue weighted by Crippen LogP contribution is 2.26. The summed E-state index contributed by atoms with van der Waals surface area (Å²) in [7, 11) is 1.52. The molecule has 0 saturated carbocycles. The van der Waals surface area contributed by atoms with Crippen molar-refractivity contribution in [2.75, 3.05) is 43.2 Å². The third-order valence-corrected chi connectivity index (χ3v) is 4.65. The fraction of sp³-hybridized carbons (Fsp3) is 0.250. The summed E-state index contributed by atoms with van der Waals surface area (Å²) in [5.41, 5.74) is 0.128. The molecule has 0 bridgehead atoms. The number of morpholine rings is 1. The van der Waals surface area contributed by atoms with Gasteiger partial charge in [-0.15, -0.1) is 0 Å². The second-order valence-electron chi connectivity index (χ2n) is 6.43. The highest BCUT2D eigenvalue weighted by molar-refractivity contribution is 6.39. The number of carbonyl (C=O) groups excluding carboxylic acids is 3. The lowest BCUT2D eigenvalue weighted by Crippen LogP contribution is -2.54. The Morgan fingerprint density at radius 1 is 1.03 bits per heavy atom. The van der Waals surface area contributed by atoms with E-state index < -0.39 is 17.8 Å². The molecule has 150 valence electrons. The quantitative estimate of drug-likeness (QED) is 0.620. The first-order valence-electron chi connectivity index (χ1n) is 9.05. The molecule has 2 saturated heterocycles. The zero-order valence-corrected chi connectivity index (χ0v) is 15.7. The van der Waals surface area contributed by atoms with Crippen LogP contribution in [-0.2, 0) is 14.3 Å². The minimum atomic E-state index is -0.809. The van der Waals surface area contributed by atoms with Gasteiger partial charge in [-0.2, -0.15) is 0 Å². The van der Waals surface area contributed by atoms with Crippen LogP contribution < -0.4 is 19.9 Å². The maximum absolute atomic E-state index is 12.9. The lowest BCUT2D eigenvalue weighted by atomic mass is 10.1. The number of nitrogens with zero attached hydrogens (tertiary/aromatic N) is 2. The fourth-order valence-corrected chi connectivity index (χ4v) is 3.14. The molecular formula is C20H19N3O6. The van der Waals surface area contributed by atoms with Crippen LogP contribution in [0.15, 0.2) is 46.4 Å². The Kier molecular flexibility index (Phi) is 5.05. The van der Waals surface area contributed by atoms with Crippen molar-refractivity contribution in [2.24, 2.45) is 0 Å². The van der Waals surface area contributed by atoms with Gasteiger partial charge in [0, 0.05) is 19.2 Å². The topological polar surface area (TPSA) is 101 Å². The van der Waals surface area contributed by atoms with Crippen molar-refractivity contribution in [1.29, 1.82) is 0 Å². The molecule has 29 heavy (non-hydrogen) atoms. The number of amides is 4. The van der Waals surface area contributed by atoms with Gasteiger partial charge < -0.3 is 18.8 Å². The third kappa shape index (κ3) is 3.72. The van der Waals surface area contributed by atoms with Gasteiger partial charge in [0.2, 0.25) is 0 Å². The van der Waals surface area contributed by atoms with Gasteiger partial charge in [-0.1, -0.05) is 0 Å². The van der Waals surface area contributed by atoms with Gasteiger partial charge in [-0.25, -0.2) is 9.69 Å². The minimum absolute atomic E-state index is 0.191. The maximum atomic E-state index is 12.9. The van der Waals surface area contributed by atoms with Gasteiger partial charge in [-0.3, -0.25) is 14.9 Å². The van der Waals surface area contributed by atoms with E-state index in [4.69, 9.17) is 13.9 Å². The van der Waals surface area contributed by atoms with Crippen molar-refractivity contribution in [3.63, 3.8) is 0 Å². The van der Waals surface area contributed by atoms with Gasteiger partial charge in [-0.05, 0) is 36.4 Å². The van der Waals surface area contributed by atoms with Gasteiger partial charge in [0.1, 0.15) is 17.1 Å². The lowest BCUT2D eigenvalue weighted by molar-refractivity contribution is -0.122. The maximum Gasteiger partial charge on any atom is 0.335 e. The average Bonchev–Trinajstić information content (AvgIpc) is 3.21. The van der Waals surface area contributed by atoms with Crippen molar-refractivity contribution in [3.8, 4) is 5.75 Å². The van der Waals surface area contributed by atoms with Crippen LogP contribution in [0.1, 0.15) is 5.76 Å². The number of nitrogens with one attached hydrogen (secondary N) is 1. The van der Waals surface area contributed by atoms with E-state index in [-0.39, 0.29) is 5.57 Å². The zero-order chi connectivity index (χ0) is 20.4. The largest absolute Gasteiger partial charge is 0.497 e. The molecule has 4 amide bonds. The molecule has 0 spiro atoms. The number of urea groups is 1. The van der Waals surface area contributed by atoms with E-state index in [0.29, 0.717) is 49.4 Å². The Balaban J connectivity index is 1.60. The van der Waals surface area contributed by atoms with Gasteiger partial charge in [0.25, 0.3) is 11.8 Å². The predicted molar refractivity (Wildman–Crippen MR) is 104 cm³/mol. The minimum Gasteiger partial charge on any atom is -0.497 e. The van der Waals surface area contributed by atoms with E-state index in [9.17, 15) is 14.4 Å². The Labute approximate surface area is 166 Å².